The van der Waals surface area contributed by atoms with E-state index in [2.05, 4.69) is 20.7 Å². The molecule has 2 aromatic heterocycles. The Bertz CT molecular complexity index is 897. The highest BCUT2D eigenvalue weighted by Gasteiger charge is 2.32. The van der Waals surface area contributed by atoms with Crippen molar-refractivity contribution in [3.8, 4) is 17.0 Å². The molecule has 0 bridgehead atoms. The summed E-state index contributed by atoms with van der Waals surface area (Å²) < 4.78 is 43.3. The fourth-order valence-electron chi connectivity index (χ4n) is 2.48. The molecule has 0 amide bonds. The summed E-state index contributed by atoms with van der Waals surface area (Å²) in [5, 5.41) is 24.8. The minimum Gasteiger partial charge on any atom is -0.507 e. The first-order valence-corrected chi connectivity index (χ1v) is 7.65. The molecule has 3 rings (SSSR count). The third-order valence-electron chi connectivity index (χ3n) is 3.70. The quantitative estimate of drug-likeness (QED) is 0.726. The van der Waals surface area contributed by atoms with Crippen LogP contribution in [0.25, 0.3) is 11.3 Å². The predicted octanol–water partition coefficient (Wildman–Crippen LogP) is 4.08. The summed E-state index contributed by atoms with van der Waals surface area (Å²) >= 11 is 0. The van der Waals surface area contributed by atoms with E-state index in [9.17, 15) is 18.3 Å². The van der Waals surface area contributed by atoms with E-state index < -0.39 is 17.5 Å². The highest BCUT2D eigenvalue weighted by molar-refractivity contribution is 5.71. The molecule has 9 heteroatoms. The number of hydrogen-bond acceptors (Lipinski definition) is 6. The van der Waals surface area contributed by atoms with E-state index in [1.54, 1.807) is 25.1 Å². The fourth-order valence-corrected chi connectivity index (χ4v) is 2.48. The minimum atomic E-state index is -4.53. The lowest BCUT2D eigenvalue weighted by Gasteiger charge is -2.13. The smallest absolute Gasteiger partial charge is 0.416 e. The number of halogens is 3. The number of phenols is 1. The Morgan fingerprint density at radius 3 is 2.42 bits per heavy atom. The zero-order valence-electron chi connectivity index (χ0n) is 13.9. The predicted molar refractivity (Wildman–Crippen MR) is 87.4 cm³/mol. The summed E-state index contributed by atoms with van der Waals surface area (Å²) in [4.78, 5) is 0. The average Bonchev–Trinajstić information content (AvgIpc) is 2.98. The topological polar surface area (TPSA) is 84.1 Å². The molecule has 26 heavy (non-hydrogen) atoms. The molecule has 3 aromatic rings. The maximum atomic E-state index is 12.8. The SMILES string of the molecule is Cc1cc(NCc2ccc(-c3c(C)cc(C(F)(F)F)cc3O)nn2)no1. The van der Waals surface area contributed by atoms with E-state index in [1.807, 2.05) is 0 Å². The van der Waals surface area contributed by atoms with Gasteiger partial charge in [-0.1, -0.05) is 5.16 Å². The highest BCUT2D eigenvalue weighted by Crippen LogP contribution is 2.38. The number of benzene rings is 1. The normalized spacial score (nSPS) is 11.6. The number of rotatable bonds is 4. The number of nitrogens with zero attached hydrogens (tertiary/aromatic N) is 3. The lowest BCUT2D eigenvalue weighted by molar-refractivity contribution is -0.137. The van der Waals surface area contributed by atoms with Crippen LogP contribution < -0.4 is 5.32 Å². The van der Waals surface area contributed by atoms with Gasteiger partial charge in [-0.05, 0) is 43.7 Å². The number of hydrogen-bond donors (Lipinski definition) is 2. The molecule has 0 atom stereocenters. The summed E-state index contributed by atoms with van der Waals surface area (Å²) in [5.74, 6) is 0.738. The van der Waals surface area contributed by atoms with E-state index >= 15 is 0 Å². The van der Waals surface area contributed by atoms with Crippen molar-refractivity contribution in [3.05, 3.63) is 52.9 Å². The molecule has 0 unspecified atom stereocenters. The molecule has 6 nitrogen and oxygen atoms in total. The van der Waals surface area contributed by atoms with Gasteiger partial charge in [0.05, 0.1) is 23.5 Å². The molecule has 1 aromatic carbocycles. The standard InChI is InChI=1S/C17H15F3N4O2/c1-9-5-11(17(18,19)20)7-14(25)16(9)13-4-3-12(22-23-13)8-21-15-6-10(2)26-24-15/h3-7,25H,8H2,1-2H3,(H,21,24). The Morgan fingerprint density at radius 2 is 1.88 bits per heavy atom. The van der Waals surface area contributed by atoms with E-state index in [4.69, 9.17) is 4.52 Å². The van der Waals surface area contributed by atoms with Gasteiger partial charge in [0.15, 0.2) is 5.82 Å². The molecule has 2 N–H and O–H groups in total. The number of aromatic hydroxyl groups is 1. The second-order valence-electron chi connectivity index (χ2n) is 5.77. The van der Waals surface area contributed by atoms with Crippen LogP contribution >= 0.6 is 0 Å². The monoisotopic (exact) mass is 364 g/mol. The van der Waals surface area contributed by atoms with Crippen molar-refractivity contribution < 1.29 is 22.8 Å². The second-order valence-corrected chi connectivity index (χ2v) is 5.77. The molecule has 0 saturated carbocycles. The Balaban J connectivity index is 1.80. The molecular weight excluding hydrogens is 349 g/mol. The zero-order chi connectivity index (χ0) is 18.9. The van der Waals surface area contributed by atoms with Gasteiger partial charge in [0, 0.05) is 11.6 Å². The van der Waals surface area contributed by atoms with Gasteiger partial charge in [-0.15, -0.1) is 0 Å². The van der Waals surface area contributed by atoms with Crippen molar-refractivity contribution in [2.75, 3.05) is 5.32 Å². The van der Waals surface area contributed by atoms with Gasteiger partial charge in [0.2, 0.25) is 0 Å². The number of aromatic nitrogens is 3. The molecule has 0 radical (unpaired) electrons. The van der Waals surface area contributed by atoms with Crippen LogP contribution in [0.2, 0.25) is 0 Å². The van der Waals surface area contributed by atoms with Crippen LogP contribution in [-0.4, -0.2) is 20.5 Å². The van der Waals surface area contributed by atoms with Gasteiger partial charge < -0.3 is 14.9 Å². The van der Waals surface area contributed by atoms with Crippen molar-refractivity contribution in [1.29, 1.82) is 0 Å². The van der Waals surface area contributed by atoms with Crippen LogP contribution in [0, 0.1) is 13.8 Å². The lowest BCUT2D eigenvalue weighted by Crippen LogP contribution is -2.06. The first kappa shape index (κ1) is 17.7. The molecule has 0 saturated heterocycles. The highest BCUT2D eigenvalue weighted by atomic mass is 19.4. The maximum Gasteiger partial charge on any atom is 0.416 e. The van der Waals surface area contributed by atoms with E-state index in [0.29, 0.717) is 29.9 Å². The van der Waals surface area contributed by atoms with Crippen molar-refractivity contribution in [2.24, 2.45) is 0 Å². The summed E-state index contributed by atoms with van der Waals surface area (Å²) in [6, 6.07) is 6.64. The van der Waals surface area contributed by atoms with Crippen LogP contribution in [0.3, 0.4) is 0 Å². The van der Waals surface area contributed by atoms with Crippen molar-refractivity contribution in [1.82, 2.24) is 15.4 Å². The first-order chi connectivity index (χ1) is 12.2. The van der Waals surface area contributed by atoms with Gasteiger partial charge in [-0.3, -0.25) is 0 Å². The van der Waals surface area contributed by atoms with E-state index in [0.717, 1.165) is 6.07 Å². The van der Waals surface area contributed by atoms with Crippen LogP contribution in [0.15, 0.2) is 34.9 Å². The Hall–Kier alpha value is -3.10. The third-order valence-corrected chi connectivity index (χ3v) is 3.70. The minimum absolute atomic E-state index is 0.220. The zero-order valence-corrected chi connectivity index (χ0v) is 13.9. The van der Waals surface area contributed by atoms with Gasteiger partial charge in [0.1, 0.15) is 11.5 Å². The summed E-state index contributed by atoms with van der Waals surface area (Å²) in [7, 11) is 0. The second kappa shape index (κ2) is 6.66. The van der Waals surface area contributed by atoms with Crippen LogP contribution in [0.1, 0.15) is 22.6 Å². The van der Waals surface area contributed by atoms with Crippen LogP contribution in [-0.2, 0) is 12.7 Å². The Morgan fingerprint density at radius 1 is 1.12 bits per heavy atom. The largest absolute Gasteiger partial charge is 0.507 e. The Kier molecular flexibility index (Phi) is 4.54. The van der Waals surface area contributed by atoms with Gasteiger partial charge in [0.25, 0.3) is 0 Å². The van der Waals surface area contributed by atoms with Crippen molar-refractivity contribution in [2.45, 2.75) is 26.6 Å². The van der Waals surface area contributed by atoms with E-state index in [-0.39, 0.29) is 16.8 Å². The summed E-state index contributed by atoms with van der Waals surface area (Å²) in [6.07, 6.45) is -4.53. The third kappa shape index (κ3) is 3.76. The number of nitrogens with one attached hydrogen (secondary N) is 1. The molecular formula is C17H15F3N4O2. The van der Waals surface area contributed by atoms with Crippen molar-refractivity contribution in [3.63, 3.8) is 0 Å². The average molecular weight is 364 g/mol. The molecule has 0 spiro atoms. The number of anilines is 1. The molecule has 0 aliphatic rings. The van der Waals surface area contributed by atoms with Crippen LogP contribution in [0.4, 0.5) is 19.0 Å². The molecule has 136 valence electrons. The lowest BCUT2D eigenvalue weighted by atomic mass is 10.0. The fraction of sp³-hybridized carbons (Fsp3) is 0.235. The Labute approximate surface area is 146 Å². The van der Waals surface area contributed by atoms with Gasteiger partial charge in [-0.25, -0.2) is 0 Å². The molecule has 0 fully saturated rings. The molecule has 0 aliphatic heterocycles. The first-order valence-electron chi connectivity index (χ1n) is 7.65. The summed E-state index contributed by atoms with van der Waals surface area (Å²) in [5.41, 5.74) is 0.453. The number of phenolic OH excluding ortho intramolecular Hbond substituents is 1. The van der Waals surface area contributed by atoms with Gasteiger partial charge >= 0.3 is 6.18 Å². The number of aryl methyl sites for hydroxylation is 2. The van der Waals surface area contributed by atoms with Crippen molar-refractivity contribution >= 4 is 5.82 Å². The van der Waals surface area contributed by atoms with Crippen LogP contribution in [0.5, 0.6) is 5.75 Å². The van der Waals surface area contributed by atoms with E-state index in [1.165, 1.54) is 6.92 Å². The molecule has 2 heterocycles. The number of alkyl halides is 3. The maximum absolute atomic E-state index is 12.8. The van der Waals surface area contributed by atoms with Gasteiger partial charge in [-0.2, -0.15) is 23.4 Å². The molecule has 0 aliphatic carbocycles. The summed E-state index contributed by atoms with van der Waals surface area (Å²) in [6.45, 7) is 3.59.